The van der Waals surface area contributed by atoms with E-state index in [9.17, 15) is 23.2 Å². The van der Waals surface area contributed by atoms with Crippen LogP contribution >= 0.6 is 0 Å². The van der Waals surface area contributed by atoms with Gasteiger partial charge in [-0.1, -0.05) is 0 Å². The lowest BCUT2D eigenvalue weighted by molar-refractivity contribution is -0.134. The third kappa shape index (κ3) is 3.30. The number of piperidine rings is 1. The van der Waals surface area contributed by atoms with Crippen molar-refractivity contribution in [1.82, 2.24) is 10.6 Å². The molecule has 2 N–H and O–H groups in total. The maximum atomic E-state index is 14.6. The van der Waals surface area contributed by atoms with E-state index in [0.717, 1.165) is 31.6 Å². The first-order chi connectivity index (χ1) is 14.3. The highest BCUT2D eigenvalue weighted by Gasteiger charge is 2.51. The lowest BCUT2D eigenvalue weighted by Crippen LogP contribution is -2.57. The number of hydrogen-bond donors (Lipinski definition) is 2. The number of carbonyl (C=O) groups excluding carboxylic acids is 3. The fourth-order valence-corrected chi connectivity index (χ4v) is 5.27. The van der Waals surface area contributed by atoms with Gasteiger partial charge < -0.3 is 15.0 Å². The molecule has 0 radical (unpaired) electrons. The lowest BCUT2D eigenvalue weighted by atomic mass is 9.77. The van der Waals surface area contributed by atoms with Crippen molar-refractivity contribution in [1.29, 1.82) is 0 Å². The number of benzene rings is 1. The molecule has 3 saturated carbocycles. The first kappa shape index (κ1) is 19.3. The summed E-state index contributed by atoms with van der Waals surface area (Å²) in [6, 6.07) is 2.37. The van der Waals surface area contributed by atoms with E-state index >= 15 is 0 Å². The fourth-order valence-electron chi connectivity index (χ4n) is 5.27. The molecule has 2 heterocycles. The van der Waals surface area contributed by atoms with Gasteiger partial charge in [-0.2, -0.15) is 0 Å². The van der Waals surface area contributed by atoms with E-state index in [2.05, 4.69) is 10.6 Å². The minimum Gasteiger partial charge on any atom is -0.442 e. The van der Waals surface area contributed by atoms with Crippen LogP contribution in [0.4, 0.5) is 19.3 Å². The summed E-state index contributed by atoms with van der Waals surface area (Å²) in [5.74, 6) is -3.04. The van der Waals surface area contributed by atoms with E-state index in [1.165, 1.54) is 12.1 Å². The second-order valence-corrected chi connectivity index (χ2v) is 8.98. The van der Waals surface area contributed by atoms with Gasteiger partial charge in [0.1, 0.15) is 17.7 Å². The minimum absolute atomic E-state index is 0.0478. The Morgan fingerprint density at radius 3 is 2.47 bits per heavy atom. The zero-order valence-electron chi connectivity index (χ0n) is 16.4. The number of anilines is 1. The average molecular weight is 419 g/mol. The normalized spacial score (nSPS) is 30.4. The van der Waals surface area contributed by atoms with Gasteiger partial charge in [-0.3, -0.25) is 14.9 Å². The van der Waals surface area contributed by atoms with Gasteiger partial charge >= 0.3 is 6.09 Å². The smallest absolute Gasteiger partial charge is 0.407 e. The Kier molecular flexibility index (Phi) is 4.44. The molecule has 3 aliphatic carbocycles. The summed E-state index contributed by atoms with van der Waals surface area (Å²) in [5.41, 5.74) is -0.0628. The van der Waals surface area contributed by atoms with Gasteiger partial charge in [0.25, 0.3) is 0 Å². The molecule has 1 unspecified atom stereocenters. The van der Waals surface area contributed by atoms with Gasteiger partial charge in [0.2, 0.25) is 11.8 Å². The second kappa shape index (κ2) is 6.92. The van der Waals surface area contributed by atoms with Crippen LogP contribution in [0.3, 0.4) is 0 Å². The highest BCUT2D eigenvalue weighted by Crippen LogP contribution is 2.51. The Balaban J connectivity index is 1.19. The second-order valence-electron chi connectivity index (χ2n) is 8.98. The van der Waals surface area contributed by atoms with Crippen molar-refractivity contribution < 1.29 is 27.9 Å². The molecule has 0 aromatic heterocycles. The van der Waals surface area contributed by atoms with Crippen molar-refractivity contribution in [2.45, 2.75) is 56.1 Å². The number of alkyl carbamates (subject to hydrolysis) is 1. The first-order valence-electron chi connectivity index (χ1n) is 10.4. The van der Waals surface area contributed by atoms with Crippen LogP contribution in [0.1, 0.15) is 50.0 Å². The zero-order valence-corrected chi connectivity index (χ0v) is 16.4. The van der Waals surface area contributed by atoms with Crippen LogP contribution in [0.2, 0.25) is 0 Å². The quantitative estimate of drug-likeness (QED) is 0.732. The van der Waals surface area contributed by atoms with Gasteiger partial charge in [0.15, 0.2) is 0 Å². The Labute approximate surface area is 172 Å². The topological polar surface area (TPSA) is 87.7 Å². The van der Waals surface area contributed by atoms with E-state index in [0.29, 0.717) is 18.8 Å². The maximum absolute atomic E-state index is 14.6. The summed E-state index contributed by atoms with van der Waals surface area (Å²) in [6.45, 7) is 0.694. The monoisotopic (exact) mass is 419 g/mol. The Morgan fingerprint density at radius 2 is 1.87 bits per heavy atom. The number of ether oxygens (including phenoxy) is 1. The van der Waals surface area contributed by atoms with Crippen molar-refractivity contribution >= 4 is 23.6 Å². The molecule has 1 aromatic rings. The SMILES string of the molecule is O=C1CCC(c2c(F)cc(N3CC(OC(=O)NC45CCC(C4)C5)C3)cc2F)C(=O)N1. The van der Waals surface area contributed by atoms with E-state index in [-0.39, 0.29) is 30.0 Å². The molecule has 0 spiro atoms. The number of carbonyl (C=O) groups is 3. The molecular formula is C21H23F2N3O4. The van der Waals surface area contributed by atoms with Gasteiger partial charge in [0.05, 0.1) is 19.0 Å². The number of fused-ring (bicyclic) bond motifs is 1. The van der Waals surface area contributed by atoms with Gasteiger partial charge in [-0.15, -0.1) is 0 Å². The van der Waals surface area contributed by atoms with E-state index in [1.807, 2.05) is 0 Å². The Morgan fingerprint density at radius 1 is 1.17 bits per heavy atom. The van der Waals surface area contributed by atoms with Crippen molar-refractivity contribution in [3.8, 4) is 0 Å². The zero-order chi connectivity index (χ0) is 21.0. The van der Waals surface area contributed by atoms with Crippen LogP contribution < -0.4 is 15.5 Å². The molecule has 1 aromatic carbocycles. The number of amides is 3. The summed E-state index contributed by atoms with van der Waals surface area (Å²) in [7, 11) is 0. The van der Waals surface area contributed by atoms with Crippen molar-refractivity contribution in [2.75, 3.05) is 18.0 Å². The van der Waals surface area contributed by atoms with E-state index in [1.54, 1.807) is 4.90 Å². The van der Waals surface area contributed by atoms with Gasteiger partial charge in [0, 0.05) is 23.2 Å². The summed E-state index contributed by atoms with van der Waals surface area (Å²) in [4.78, 5) is 37.1. The fraction of sp³-hybridized carbons (Fsp3) is 0.571. The molecule has 2 saturated heterocycles. The lowest BCUT2D eigenvalue weighted by Gasteiger charge is -2.42. The van der Waals surface area contributed by atoms with Crippen LogP contribution in [0.15, 0.2) is 12.1 Å². The molecule has 9 heteroatoms. The number of nitrogens with one attached hydrogen (secondary N) is 2. The van der Waals surface area contributed by atoms with Crippen LogP contribution in [-0.4, -0.2) is 42.6 Å². The number of halogens is 2. The molecular weight excluding hydrogens is 396 g/mol. The maximum Gasteiger partial charge on any atom is 0.407 e. The summed E-state index contributed by atoms with van der Waals surface area (Å²) >= 11 is 0. The highest BCUT2D eigenvalue weighted by atomic mass is 19.1. The van der Waals surface area contributed by atoms with E-state index in [4.69, 9.17) is 4.74 Å². The summed E-state index contributed by atoms with van der Waals surface area (Å²) < 4.78 is 34.7. The van der Waals surface area contributed by atoms with Crippen LogP contribution in [0, 0.1) is 17.6 Å². The number of hydrogen-bond acceptors (Lipinski definition) is 5. The summed E-state index contributed by atoms with van der Waals surface area (Å²) in [5, 5.41) is 5.10. The third-order valence-corrected chi connectivity index (χ3v) is 6.90. The molecule has 30 heavy (non-hydrogen) atoms. The summed E-state index contributed by atoms with van der Waals surface area (Å²) in [6.07, 6.45) is 3.57. The molecule has 3 amide bonds. The van der Waals surface area contributed by atoms with Crippen LogP contribution in [0.5, 0.6) is 0 Å². The molecule has 5 aliphatic rings. The molecule has 1 atom stereocenters. The van der Waals surface area contributed by atoms with Crippen LogP contribution in [0.25, 0.3) is 0 Å². The first-order valence-corrected chi connectivity index (χ1v) is 10.4. The molecule has 5 fully saturated rings. The van der Waals surface area contributed by atoms with Crippen molar-refractivity contribution in [3.05, 3.63) is 29.3 Å². The highest BCUT2D eigenvalue weighted by molar-refractivity contribution is 6.01. The third-order valence-electron chi connectivity index (χ3n) is 6.90. The van der Waals surface area contributed by atoms with Gasteiger partial charge in [-0.25, -0.2) is 13.6 Å². The van der Waals surface area contributed by atoms with Crippen molar-refractivity contribution in [3.63, 3.8) is 0 Å². The van der Waals surface area contributed by atoms with E-state index < -0.39 is 35.5 Å². The molecule has 160 valence electrons. The average Bonchev–Trinajstić information content (AvgIpc) is 3.19. The van der Waals surface area contributed by atoms with Gasteiger partial charge in [-0.05, 0) is 50.2 Å². The molecule has 2 aliphatic heterocycles. The number of nitrogens with zero attached hydrogens (tertiary/aromatic N) is 1. The number of imide groups is 1. The van der Waals surface area contributed by atoms with Crippen LogP contribution in [-0.2, 0) is 14.3 Å². The molecule has 2 bridgehead atoms. The van der Waals surface area contributed by atoms with Crippen molar-refractivity contribution in [2.24, 2.45) is 5.92 Å². The Hall–Kier alpha value is -2.71. The molecule has 7 nitrogen and oxygen atoms in total. The number of rotatable bonds is 4. The molecule has 6 rings (SSSR count). The Bertz CT molecular complexity index is 896. The minimum atomic E-state index is -1.02. The predicted molar refractivity (Wildman–Crippen MR) is 102 cm³/mol. The predicted octanol–water partition coefficient (Wildman–Crippen LogP) is 2.34. The standard InChI is InChI=1S/C21H23F2N3O4/c22-15-5-12(6-16(23)18(15)14-1-2-17(27)24-19(14)28)26-9-13(10-26)30-20(29)25-21-4-3-11(7-21)8-21/h5-6,11,13-14H,1-4,7-10H2,(H,25,29)(H,24,27,28). The largest absolute Gasteiger partial charge is 0.442 e.